The highest BCUT2D eigenvalue weighted by molar-refractivity contribution is 6.13. The quantitative estimate of drug-likeness (QED) is 0.801. The van der Waals surface area contributed by atoms with Crippen molar-refractivity contribution in [2.24, 2.45) is 28.3 Å². The molecule has 0 atom stereocenters. The van der Waals surface area contributed by atoms with E-state index in [9.17, 15) is 9.59 Å². The molecule has 6 rings (SSSR count). The van der Waals surface area contributed by atoms with Gasteiger partial charge in [-0.05, 0) is 69.3 Å². The summed E-state index contributed by atoms with van der Waals surface area (Å²) in [6, 6.07) is 7.54. The number of para-hydroxylation sites is 1. The number of anilines is 1. The lowest BCUT2D eigenvalue weighted by Crippen LogP contribution is -2.50. The number of nitrogens with one attached hydrogen (secondary N) is 1. The number of benzene rings is 1. The van der Waals surface area contributed by atoms with Gasteiger partial charge in [-0.2, -0.15) is 5.10 Å². The molecule has 1 aromatic rings. The van der Waals surface area contributed by atoms with Gasteiger partial charge in [0, 0.05) is 11.0 Å². The van der Waals surface area contributed by atoms with Gasteiger partial charge in [0.15, 0.2) is 0 Å². The van der Waals surface area contributed by atoms with E-state index in [-0.39, 0.29) is 18.0 Å². The fourth-order valence-corrected chi connectivity index (χ4v) is 6.43. The number of hydrogen-bond donors (Lipinski definition) is 1. The number of fused-ring (bicyclic) bond motifs is 1. The van der Waals surface area contributed by atoms with Crippen molar-refractivity contribution in [3.05, 3.63) is 29.8 Å². The molecule has 28 heavy (non-hydrogen) atoms. The summed E-state index contributed by atoms with van der Waals surface area (Å²) < 4.78 is 5.07. The van der Waals surface area contributed by atoms with E-state index in [1.165, 1.54) is 24.3 Å². The van der Waals surface area contributed by atoms with Crippen molar-refractivity contribution in [1.82, 2.24) is 5.01 Å². The van der Waals surface area contributed by atoms with Gasteiger partial charge < -0.3 is 10.1 Å². The highest BCUT2D eigenvalue weighted by atomic mass is 16.5. The molecule has 1 aliphatic heterocycles. The summed E-state index contributed by atoms with van der Waals surface area (Å²) >= 11 is 0. The van der Waals surface area contributed by atoms with E-state index in [0.29, 0.717) is 6.61 Å². The van der Waals surface area contributed by atoms with E-state index >= 15 is 0 Å². The summed E-state index contributed by atoms with van der Waals surface area (Å²) in [6.07, 6.45) is 7.47. The molecule has 6 nitrogen and oxygen atoms in total. The predicted octanol–water partition coefficient (Wildman–Crippen LogP) is 4.02. The Hall–Kier alpha value is -2.37. The molecule has 5 aliphatic rings. The molecule has 0 saturated heterocycles. The van der Waals surface area contributed by atoms with E-state index < -0.39 is 5.97 Å². The van der Waals surface area contributed by atoms with Crippen LogP contribution in [0.25, 0.3) is 0 Å². The van der Waals surface area contributed by atoms with Crippen LogP contribution >= 0.6 is 0 Å². The van der Waals surface area contributed by atoms with Crippen LogP contribution in [0.5, 0.6) is 0 Å². The summed E-state index contributed by atoms with van der Waals surface area (Å²) in [5.41, 5.74) is 2.80. The van der Waals surface area contributed by atoms with Gasteiger partial charge in [-0.15, -0.1) is 0 Å². The lowest BCUT2D eigenvalue weighted by molar-refractivity contribution is -0.143. The van der Waals surface area contributed by atoms with Crippen LogP contribution in [-0.4, -0.2) is 35.9 Å². The summed E-state index contributed by atoms with van der Waals surface area (Å²) in [4.78, 5) is 24.9. The van der Waals surface area contributed by atoms with Gasteiger partial charge in [0.25, 0.3) is 0 Å². The first-order valence-corrected chi connectivity index (χ1v) is 10.5. The molecule has 0 unspecified atom stereocenters. The molecule has 4 aliphatic carbocycles. The van der Waals surface area contributed by atoms with Crippen molar-refractivity contribution < 1.29 is 14.3 Å². The van der Waals surface area contributed by atoms with Crippen LogP contribution in [0, 0.1) is 23.2 Å². The number of nitrogens with zero attached hydrogens (tertiary/aromatic N) is 2. The Bertz CT molecular complexity index is 812. The molecule has 4 saturated carbocycles. The van der Waals surface area contributed by atoms with Crippen molar-refractivity contribution in [2.75, 3.05) is 18.5 Å². The molecule has 6 heteroatoms. The van der Waals surface area contributed by atoms with Gasteiger partial charge in [-0.3, -0.25) is 4.79 Å². The minimum atomic E-state index is -0.433. The zero-order valence-electron chi connectivity index (χ0n) is 16.3. The largest absolute Gasteiger partial charge is 0.465 e. The van der Waals surface area contributed by atoms with E-state index in [0.717, 1.165) is 54.0 Å². The van der Waals surface area contributed by atoms with Gasteiger partial charge in [-0.1, -0.05) is 18.2 Å². The Labute approximate surface area is 165 Å². The van der Waals surface area contributed by atoms with Crippen molar-refractivity contribution in [3.63, 3.8) is 0 Å². The highest BCUT2D eigenvalue weighted by Gasteiger charge is 2.54. The molecule has 0 radical (unpaired) electrons. The lowest BCUT2D eigenvalue weighted by atomic mass is 9.48. The number of carbonyl (C=O) groups is 2. The fraction of sp³-hybridized carbons (Fsp3) is 0.591. The fourth-order valence-electron chi connectivity index (χ4n) is 6.43. The van der Waals surface area contributed by atoms with Crippen LogP contribution in [-0.2, 0) is 9.53 Å². The summed E-state index contributed by atoms with van der Waals surface area (Å²) in [7, 11) is 0. The number of amides is 2. The number of ether oxygens (including phenoxy) is 1. The first-order chi connectivity index (χ1) is 13.6. The topological polar surface area (TPSA) is 71.0 Å². The maximum atomic E-state index is 12.8. The number of hydrazone groups is 1. The van der Waals surface area contributed by atoms with E-state index in [1.807, 2.05) is 18.2 Å². The molecule has 1 aromatic carbocycles. The minimum Gasteiger partial charge on any atom is -0.465 e. The maximum Gasteiger partial charge on any atom is 0.342 e. The van der Waals surface area contributed by atoms with Crippen molar-refractivity contribution in [3.8, 4) is 0 Å². The molecular weight excluding hydrogens is 354 g/mol. The Balaban J connectivity index is 1.58. The predicted molar refractivity (Wildman–Crippen MR) is 106 cm³/mol. The third-order valence-electron chi connectivity index (χ3n) is 7.00. The molecule has 4 bridgehead atoms. The Morgan fingerprint density at radius 2 is 1.82 bits per heavy atom. The standard InChI is InChI=1S/C22H27N3O3/c1-2-28-19(26)13-25-21(27)23-18-6-4-3-5-17(18)20(24-25)22-10-14-7-15(11-22)9-16(8-14)12-22/h3-6,14-16H,2,7-13H2,1H3,(H,23,27). The third-order valence-corrected chi connectivity index (χ3v) is 7.00. The Morgan fingerprint density at radius 1 is 1.18 bits per heavy atom. The van der Waals surface area contributed by atoms with E-state index in [1.54, 1.807) is 6.92 Å². The summed E-state index contributed by atoms with van der Waals surface area (Å²) in [5.74, 6) is 1.88. The minimum absolute atomic E-state index is 0.0179. The lowest BCUT2D eigenvalue weighted by Gasteiger charge is -2.57. The summed E-state index contributed by atoms with van der Waals surface area (Å²) in [5, 5.41) is 9.06. The monoisotopic (exact) mass is 381 g/mol. The van der Waals surface area contributed by atoms with E-state index in [2.05, 4.69) is 11.4 Å². The molecule has 1 heterocycles. The number of hydrogen-bond acceptors (Lipinski definition) is 4. The van der Waals surface area contributed by atoms with Gasteiger partial charge >= 0.3 is 12.0 Å². The van der Waals surface area contributed by atoms with Crippen molar-refractivity contribution >= 4 is 23.4 Å². The number of esters is 1. The van der Waals surface area contributed by atoms with E-state index in [4.69, 9.17) is 9.84 Å². The van der Waals surface area contributed by atoms with Gasteiger partial charge in [0.2, 0.25) is 0 Å². The zero-order chi connectivity index (χ0) is 19.3. The SMILES string of the molecule is CCOC(=O)CN1N=C(C23CC4CC(CC(C4)C2)C3)c2ccccc2NC1=O. The molecule has 4 fully saturated rings. The second-order valence-corrected chi connectivity index (χ2v) is 8.98. The van der Waals surface area contributed by atoms with Crippen LogP contribution in [0.4, 0.5) is 10.5 Å². The Kier molecular flexibility index (Phi) is 4.18. The van der Waals surface area contributed by atoms with Crippen LogP contribution in [0.15, 0.2) is 29.4 Å². The molecule has 1 N–H and O–H groups in total. The second kappa shape index (κ2) is 6.61. The molecule has 0 spiro atoms. The van der Waals surface area contributed by atoms with Gasteiger partial charge in [-0.25, -0.2) is 9.80 Å². The van der Waals surface area contributed by atoms with Gasteiger partial charge in [0.05, 0.1) is 18.0 Å². The second-order valence-electron chi connectivity index (χ2n) is 8.98. The molecule has 0 aromatic heterocycles. The third kappa shape index (κ3) is 2.90. The average molecular weight is 381 g/mol. The zero-order valence-corrected chi connectivity index (χ0v) is 16.3. The average Bonchev–Trinajstić information content (AvgIpc) is 2.78. The van der Waals surface area contributed by atoms with Crippen LogP contribution in [0.2, 0.25) is 0 Å². The maximum absolute atomic E-state index is 12.8. The number of urea groups is 1. The van der Waals surface area contributed by atoms with Crippen molar-refractivity contribution in [2.45, 2.75) is 45.4 Å². The van der Waals surface area contributed by atoms with Crippen LogP contribution in [0.1, 0.15) is 51.0 Å². The number of carbonyl (C=O) groups excluding carboxylic acids is 2. The first kappa shape index (κ1) is 17.7. The highest BCUT2D eigenvalue weighted by Crippen LogP contribution is 2.61. The molecular formula is C22H27N3O3. The number of rotatable bonds is 4. The summed E-state index contributed by atoms with van der Waals surface area (Å²) in [6.45, 7) is 1.89. The molecule has 148 valence electrons. The van der Waals surface area contributed by atoms with Crippen LogP contribution in [0.3, 0.4) is 0 Å². The smallest absolute Gasteiger partial charge is 0.342 e. The Morgan fingerprint density at radius 3 is 2.46 bits per heavy atom. The van der Waals surface area contributed by atoms with Crippen LogP contribution < -0.4 is 5.32 Å². The van der Waals surface area contributed by atoms with Crippen molar-refractivity contribution in [1.29, 1.82) is 0 Å². The van der Waals surface area contributed by atoms with Gasteiger partial charge in [0.1, 0.15) is 6.54 Å². The first-order valence-electron chi connectivity index (χ1n) is 10.5. The normalized spacial score (nSPS) is 33.0. The molecule has 2 amide bonds.